The van der Waals surface area contributed by atoms with Crippen LogP contribution in [0.3, 0.4) is 0 Å². The number of rotatable bonds is 8. The van der Waals surface area contributed by atoms with Gasteiger partial charge in [-0.25, -0.2) is 4.98 Å². The van der Waals surface area contributed by atoms with Gasteiger partial charge in [0.15, 0.2) is 17.3 Å². The molecule has 0 saturated heterocycles. The fourth-order valence-electron chi connectivity index (χ4n) is 4.24. The number of hydrogen-bond donors (Lipinski definition) is 1. The molecule has 3 aromatic rings. The first-order valence-corrected chi connectivity index (χ1v) is 11.8. The fourth-order valence-corrected chi connectivity index (χ4v) is 5.27. The number of nitrogens with zero attached hydrogens (tertiary/aromatic N) is 2. The number of thiazole rings is 1. The standard InChI is InChI=1S/C26H26N2O5S/c1-5-14-28-20(17-12-9-13-18(32-3)23(17)33-4)19(22(30)26(28)31)21(29)24-15(2)27-25(34-24)16-10-7-6-8-11-16/h6-13,20,30H,5,14H2,1-4H3. The first kappa shape index (κ1) is 23.5. The van der Waals surface area contributed by atoms with Gasteiger partial charge in [-0.15, -0.1) is 11.3 Å². The summed E-state index contributed by atoms with van der Waals surface area (Å²) in [6.45, 7) is 4.06. The number of aliphatic hydroxyl groups excluding tert-OH is 1. The largest absolute Gasteiger partial charge is 0.503 e. The van der Waals surface area contributed by atoms with E-state index in [1.807, 2.05) is 37.3 Å². The highest BCUT2D eigenvalue weighted by Crippen LogP contribution is 2.46. The van der Waals surface area contributed by atoms with Crippen LogP contribution in [0.4, 0.5) is 0 Å². The summed E-state index contributed by atoms with van der Waals surface area (Å²) in [7, 11) is 3.03. The Morgan fingerprint density at radius 1 is 1.12 bits per heavy atom. The van der Waals surface area contributed by atoms with E-state index in [2.05, 4.69) is 4.98 Å². The average molecular weight is 479 g/mol. The Morgan fingerprint density at radius 3 is 2.50 bits per heavy atom. The average Bonchev–Trinajstić information content (AvgIpc) is 3.36. The van der Waals surface area contributed by atoms with Crippen LogP contribution in [0.2, 0.25) is 0 Å². The number of aromatic nitrogens is 1. The number of ether oxygens (including phenoxy) is 2. The molecule has 0 spiro atoms. The van der Waals surface area contributed by atoms with Crippen molar-refractivity contribution in [1.82, 2.24) is 9.88 Å². The molecular formula is C26H26N2O5S. The van der Waals surface area contributed by atoms with Crippen molar-refractivity contribution in [1.29, 1.82) is 0 Å². The lowest BCUT2D eigenvalue weighted by atomic mass is 9.94. The number of ketones is 1. The van der Waals surface area contributed by atoms with Crippen molar-refractivity contribution in [2.45, 2.75) is 26.3 Å². The van der Waals surface area contributed by atoms with Gasteiger partial charge < -0.3 is 19.5 Å². The minimum absolute atomic E-state index is 0.0244. The van der Waals surface area contributed by atoms with Crippen molar-refractivity contribution in [2.24, 2.45) is 0 Å². The van der Waals surface area contributed by atoms with E-state index in [1.165, 1.54) is 30.5 Å². The number of aryl methyl sites for hydroxylation is 1. The third-order valence-corrected chi connectivity index (χ3v) is 6.97. The Morgan fingerprint density at radius 2 is 1.85 bits per heavy atom. The Labute approximate surface area is 202 Å². The van der Waals surface area contributed by atoms with E-state index in [-0.39, 0.29) is 5.57 Å². The normalized spacial score (nSPS) is 15.7. The van der Waals surface area contributed by atoms with Crippen LogP contribution in [0.15, 0.2) is 59.9 Å². The molecule has 1 aliphatic rings. The number of para-hydroxylation sites is 1. The first-order valence-electron chi connectivity index (χ1n) is 10.9. The molecule has 0 saturated carbocycles. The van der Waals surface area contributed by atoms with E-state index in [1.54, 1.807) is 25.1 Å². The van der Waals surface area contributed by atoms with Gasteiger partial charge in [-0.1, -0.05) is 49.4 Å². The summed E-state index contributed by atoms with van der Waals surface area (Å²) in [6, 6.07) is 14.1. The number of benzene rings is 2. The third kappa shape index (κ3) is 3.94. The van der Waals surface area contributed by atoms with Gasteiger partial charge in [0.05, 0.1) is 36.4 Å². The van der Waals surface area contributed by atoms with Gasteiger partial charge in [0.2, 0.25) is 5.78 Å². The molecule has 7 nitrogen and oxygen atoms in total. The van der Waals surface area contributed by atoms with Crippen molar-refractivity contribution in [3.05, 3.63) is 76.0 Å². The smallest absolute Gasteiger partial charge is 0.290 e. The van der Waals surface area contributed by atoms with Crippen LogP contribution in [0.5, 0.6) is 11.5 Å². The lowest BCUT2D eigenvalue weighted by Crippen LogP contribution is -2.32. The summed E-state index contributed by atoms with van der Waals surface area (Å²) in [5.74, 6) is -0.651. The van der Waals surface area contributed by atoms with E-state index >= 15 is 0 Å². The molecule has 34 heavy (non-hydrogen) atoms. The highest BCUT2D eigenvalue weighted by Gasteiger charge is 2.45. The van der Waals surface area contributed by atoms with Crippen LogP contribution in [0.25, 0.3) is 10.6 Å². The van der Waals surface area contributed by atoms with Gasteiger partial charge in [-0.3, -0.25) is 9.59 Å². The van der Waals surface area contributed by atoms with Gasteiger partial charge in [-0.05, 0) is 19.4 Å². The maximum Gasteiger partial charge on any atom is 0.290 e. The number of carbonyl (C=O) groups excluding carboxylic acids is 2. The summed E-state index contributed by atoms with van der Waals surface area (Å²) in [6.07, 6.45) is 0.654. The van der Waals surface area contributed by atoms with Gasteiger partial charge in [0, 0.05) is 17.7 Å². The number of aliphatic hydroxyl groups is 1. The van der Waals surface area contributed by atoms with Crippen LogP contribution in [-0.4, -0.2) is 47.4 Å². The van der Waals surface area contributed by atoms with E-state index in [4.69, 9.17) is 9.47 Å². The molecule has 1 unspecified atom stereocenters. The van der Waals surface area contributed by atoms with Crippen molar-refractivity contribution < 1.29 is 24.2 Å². The molecular weight excluding hydrogens is 452 g/mol. The second-order valence-electron chi connectivity index (χ2n) is 7.87. The Hall–Kier alpha value is -3.65. The molecule has 1 N–H and O–H groups in total. The number of carbonyl (C=O) groups is 2. The first-order chi connectivity index (χ1) is 16.4. The van der Waals surface area contributed by atoms with Crippen LogP contribution >= 0.6 is 11.3 Å². The zero-order valence-electron chi connectivity index (χ0n) is 19.5. The predicted molar refractivity (Wildman–Crippen MR) is 131 cm³/mol. The van der Waals surface area contributed by atoms with E-state index in [0.717, 1.165) is 5.56 Å². The number of amides is 1. The molecule has 8 heteroatoms. The molecule has 2 heterocycles. The molecule has 1 aliphatic heterocycles. The van der Waals surface area contributed by atoms with Crippen molar-refractivity contribution in [2.75, 3.05) is 20.8 Å². The monoisotopic (exact) mass is 478 g/mol. The molecule has 1 aromatic heterocycles. The topological polar surface area (TPSA) is 89.0 Å². The zero-order chi connectivity index (χ0) is 24.4. The van der Waals surface area contributed by atoms with Gasteiger partial charge >= 0.3 is 0 Å². The number of hydrogen-bond acceptors (Lipinski definition) is 7. The fraction of sp³-hybridized carbons (Fsp3) is 0.269. The number of methoxy groups -OCH3 is 2. The summed E-state index contributed by atoms with van der Waals surface area (Å²) in [4.78, 5) is 33.4. The second kappa shape index (κ2) is 9.69. The maximum atomic E-state index is 13.9. The summed E-state index contributed by atoms with van der Waals surface area (Å²) in [5.41, 5.74) is 2.04. The van der Waals surface area contributed by atoms with Crippen LogP contribution < -0.4 is 9.47 Å². The van der Waals surface area contributed by atoms with Crippen LogP contribution in [-0.2, 0) is 4.79 Å². The van der Waals surface area contributed by atoms with E-state index in [0.29, 0.717) is 45.6 Å². The van der Waals surface area contributed by atoms with Gasteiger partial charge in [-0.2, -0.15) is 0 Å². The SMILES string of the molecule is CCCN1C(=O)C(O)=C(C(=O)c2sc(-c3ccccc3)nc2C)C1c1cccc(OC)c1OC. The quantitative estimate of drug-likeness (QED) is 0.452. The van der Waals surface area contributed by atoms with Crippen molar-refractivity contribution >= 4 is 23.0 Å². The Kier molecular flexibility index (Phi) is 6.70. The molecule has 0 aliphatic carbocycles. The van der Waals surface area contributed by atoms with Gasteiger partial charge in [0.1, 0.15) is 5.01 Å². The zero-order valence-corrected chi connectivity index (χ0v) is 20.3. The molecule has 0 fully saturated rings. The molecule has 1 amide bonds. The molecule has 0 bridgehead atoms. The maximum absolute atomic E-state index is 13.9. The van der Waals surface area contributed by atoms with E-state index < -0.39 is 23.5 Å². The van der Waals surface area contributed by atoms with Crippen LogP contribution in [0, 0.1) is 6.92 Å². The third-order valence-electron chi connectivity index (χ3n) is 5.76. The molecule has 0 radical (unpaired) electrons. The van der Waals surface area contributed by atoms with Crippen molar-refractivity contribution in [3.63, 3.8) is 0 Å². The summed E-state index contributed by atoms with van der Waals surface area (Å²) >= 11 is 1.25. The van der Waals surface area contributed by atoms with Gasteiger partial charge in [0.25, 0.3) is 5.91 Å². The molecule has 2 aromatic carbocycles. The lowest BCUT2D eigenvalue weighted by molar-refractivity contribution is -0.129. The lowest BCUT2D eigenvalue weighted by Gasteiger charge is -2.28. The summed E-state index contributed by atoms with van der Waals surface area (Å²) < 4.78 is 11.0. The number of Topliss-reactive ketones (excluding diaryl/α,β-unsaturated/α-hetero) is 1. The Balaban J connectivity index is 1.85. The minimum atomic E-state index is -0.813. The molecule has 4 rings (SSSR count). The van der Waals surface area contributed by atoms with Crippen LogP contribution in [0.1, 0.15) is 40.3 Å². The Bertz CT molecular complexity index is 1270. The van der Waals surface area contributed by atoms with E-state index in [9.17, 15) is 14.7 Å². The molecule has 176 valence electrons. The highest BCUT2D eigenvalue weighted by atomic mass is 32.1. The second-order valence-corrected chi connectivity index (χ2v) is 8.87. The van der Waals surface area contributed by atoms with Crippen molar-refractivity contribution in [3.8, 4) is 22.1 Å². The highest BCUT2D eigenvalue weighted by molar-refractivity contribution is 7.17. The predicted octanol–water partition coefficient (Wildman–Crippen LogP) is 5.12. The molecule has 1 atom stereocenters. The minimum Gasteiger partial charge on any atom is -0.503 e. The summed E-state index contributed by atoms with van der Waals surface area (Å²) in [5, 5.41) is 11.6.